The van der Waals surface area contributed by atoms with Crippen molar-refractivity contribution in [3.05, 3.63) is 0 Å². The molecule has 0 aromatic rings. The first-order valence-electron chi connectivity index (χ1n) is 6.56. The third kappa shape index (κ3) is 4.52. The summed E-state index contributed by atoms with van der Waals surface area (Å²) in [6.07, 6.45) is 8.11. The molecule has 3 atom stereocenters. The van der Waals surface area contributed by atoms with E-state index in [0.717, 1.165) is 12.5 Å². The van der Waals surface area contributed by atoms with Crippen molar-refractivity contribution in [3.8, 4) is 0 Å². The van der Waals surface area contributed by atoms with Crippen molar-refractivity contribution in [2.45, 2.75) is 64.5 Å². The first-order chi connectivity index (χ1) is 7.27. The van der Waals surface area contributed by atoms with Gasteiger partial charge in [-0.25, -0.2) is 0 Å². The van der Waals surface area contributed by atoms with Crippen LogP contribution < -0.4 is 5.32 Å². The van der Waals surface area contributed by atoms with Crippen molar-refractivity contribution >= 4 is 0 Å². The van der Waals surface area contributed by atoms with E-state index in [0.29, 0.717) is 12.1 Å². The van der Waals surface area contributed by atoms with Crippen LogP contribution in [0.3, 0.4) is 0 Å². The summed E-state index contributed by atoms with van der Waals surface area (Å²) in [5.41, 5.74) is 0. The van der Waals surface area contributed by atoms with Crippen molar-refractivity contribution in [1.82, 2.24) is 5.32 Å². The minimum absolute atomic E-state index is 0.454. The molecule has 0 radical (unpaired) electrons. The lowest BCUT2D eigenvalue weighted by atomic mass is 9.85. The van der Waals surface area contributed by atoms with E-state index in [-0.39, 0.29) is 0 Å². The van der Waals surface area contributed by atoms with Gasteiger partial charge in [0.1, 0.15) is 0 Å². The zero-order chi connectivity index (χ0) is 11.1. The second kappa shape index (κ2) is 7.24. The fourth-order valence-corrected chi connectivity index (χ4v) is 2.43. The Labute approximate surface area is 94.8 Å². The Morgan fingerprint density at radius 1 is 1.27 bits per heavy atom. The van der Waals surface area contributed by atoms with Crippen molar-refractivity contribution in [2.75, 3.05) is 13.7 Å². The van der Waals surface area contributed by atoms with Gasteiger partial charge in [0.15, 0.2) is 0 Å². The average molecular weight is 213 g/mol. The average Bonchev–Trinajstić information content (AvgIpc) is 2.25. The van der Waals surface area contributed by atoms with Crippen LogP contribution in [0.15, 0.2) is 0 Å². The Balaban J connectivity index is 2.22. The summed E-state index contributed by atoms with van der Waals surface area (Å²) in [5, 5.41) is 3.39. The Kier molecular flexibility index (Phi) is 6.26. The van der Waals surface area contributed by atoms with Gasteiger partial charge in [0, 0.05) is 12.6 Å². The molecule has 1 saturated carbocycles. The number of unbranched alkanes of at least 4 members (excludes halogenated alkanes) is 2. The number of ether oxygens (including phenoxy) is 1. The molecular weight excluding hydrogens is 186 g/mol. The van der Waals surface area contributed by atoms with Crippen LogP contribution in [-0.2, 0) is 4.74 Å². The zero-order valence-corrected chi connectivity index (χ0v) is 10.6. The highest BCUT2D eigenvalue weighted by atomic mass is 16.5. The van der Waals surface area contributed by atoms with Gasteiger partial charge in [0.2, 0.25) is 0 Å². The van der Waals surface area contributed by atoms with Crippen molar-refractivity contribution in [1.29, 1.82) is 0 Å². The summed E-state index contributed by atoms with van der Waals surface area (Å²) in [6, 6.07) is 0.586. The van der Waals surface area contributed by atoms with Gasteiger partial charge in [-0.2, -0.15) is 0 Å². The van der Waals surface area contributed by atoms with Crippen LogP contribution in [0.25, 0.3) is 0 Å². The smallest absolute Gasteiger partial charge is 0.0730 e. The number of nitrogens with one attached hydrogen (secondary N) is 1. The molecule has 1 aliphatic carbocycles. The Morgan fingerprint density at radius 3 is 2.73 bits per heavy atom. The predicted octanol–water partition coefficient (Wildman–Crippen LogP) is 2.97. The van der Waals surface area contributed by atoms with Crippen LogP contribution >= 0.6 is 0 Å². The number of hydrogen-bond donors (Lipinski definition) is 1. The lowest BCUT2D eigenvalue weighted by Crippen LogP contribution is -2.43. The fraction of sp³-hybridized carbons (Fsp3) is 1.00. The molecule has 0 saturated heterocycles. The van der Waals surface area contributed by atoms with Crippen LogP contribution in [0.4, 0.5) is 0 Å². The summed E-state index contributed by atoms with van der Waals surface area (Å²) in [6.45, 7) is 5.52. The molecular formula is C13H27NO. The van der Waals surface area contributed by atoms with Gasteiger partial charge < -0.3 is 10.1 Å². The highest BCUT2D eigenvalue weighted by Gasteiger charge is 2.27. The fourth-order valence-electron chi connectivity index (χ4n) is 2.43. The van der Waals surface area contributed by atoms with E-state index in [1.165, 1.54) is 38.5 Å². The molecule has 0 aliphatic heterocycles. The molecule has 0 amide bonds. The highest BCUT2D eigenvalue weighted by Crippen LogP contribution is 2.26. The van der Waals surface area contributed by atoms with Crippen LogP contribution in [0.5, 0.6) is 0 Å². The lowest BCUT2D eigenvalue weighted by molar-refractivity contribution is -0.00711. The maximum Gasteiger partial charge on any atom is 0.0730 e. The van der Waals surface area contributed by atoms with Gasteiger partial charge in [-0.3, -0.25) is 0 Å². The van der Waals surface area contributed by atoms with E-state index >= 15 is 0 Å². The topological polar surface area (TPSA) is 21.3 Å². The van der Waals surface area contributed by atoms with Crippen LogP contribution in [0.1, 0.15) is 52.4 Å². The monoisotopic (exact) mass is 213 g/mol. The van der Waals surface area contributed by atoms with Gasteiger partial charge in [-0.15, -0.1) is 0 Å². The lowest BCUT2D eigenvalue weighted by Gasteiger charge is -2.34. The predicted molar refractivity (Wildman–Crippen MR) is 65.1 cm³/mol. The zero-order valence-electron chi connectivity index (χ0n) is 10.6. The van der Waals surface area contributed by atoms with E-state index in [2.05, 4.69) is 26.2 Å². The number of rotatable bonds is 6. The molecule has 2 heteroatoms. The summed E-state index contributed by atoms with van der Waals surface area (Å²) >= 11 is 0. The molecule has 0 heterocycles. The molecule has 0 aromatic heterocycles. The number of likely N-dealkylation sites (N-methyl/N-ethyl adjacent to an activating group) is 1. The maximum atomic E-state index is 6.00. The highest BCUT2D eigenvalue weighted by molar-refractivity contribution is 4.83. The maximum absolute atomic E-state index is 6.00. The summed E-state index contributed by atoms with van der Waals surface area (Å²) < 4.78 is 6.00. The molecule has 1 fully saturated rings. The van der Waals surface area contributed by atoms with E-state index in [4.69, 9.17) is 4.74 Å². The molecule has 3 unspecified atom stereocenters. The molecule has 15 heavy (non-hydrogen) atoms. The molecule has 1 aliphatic rings. The van der Waals surface area contributed by atoms with Crippen LogP contribution in [0.2, 0.25) is 0 Å². The second-order valence-electron chi connectivity index (χ2n) is 4.93. The molecule has 90 valence electrons. The van der Waals surface area contributed by atoms with Gasteiger partial charge in [-0.1, -0.05) is 26.7 Å². The first-order valence-corrected chi connectivity index (χ1v) is 6.56. The summed E-state index contributed by atoms with van der Waals surface area (Å²) in [4.78, 5) is 0. The van der Waals surface area contributed by atoms with E-state index in [9.17, 15) is 0 Å². The Morgan fingerprint density at radius 2 is 2.07 bits per heavy atom. The SMILES string of the molecule is CCCCCOC1CC(C)CCC1NC. The minimum Gasteiger partial charge on any atom is -0.377 e. The molecule has 0 bridgehead atoms. The molecule has 2 nitrogen and oxygen atoms in total. The largest absolute Gasteiger partial charge is 0.377 e. The molecule has 0 spiro atoms. The quantitative estimate of drug-likeness (QED) is 0.685. The van der Waals surface area contributed by atoms with E-state index < -0.39 is 0 Å². The summed E-state index contributed by atoms with van der Waals surface area (Å²) in [5.74, 6) is 0.839. The Hall–Kier alpha value is -0.0800. The third-order valence-corrected chi connectivity index (χ3v) is 3.50. The third-order valence-electron chi connectivity index (χ3n) is 3.50. The van der Waals surface area contributed by atoms with E-state index in [1.54, 1.807) is 0 Å². The van der Waals surface area contributed by atoms with Crippen molar-refractivity contribution in [3.63, 3.8) is 0 Å². The van der Waals surface area contributed by atoms with Gasteiger partial charge >= 0.3 is 0 Å². The second-order valence-corrected chi connectivity index (χ2v) is 4.93. The van der Waals surface area contributed by atoms with Crippen LogP contribution in [0, 0.1) is 5.92 Å². The number of hydrogen-bond acceptors (Lipinski definition) is 2. The van der Waals surface area contributed by atoms with Gasteiger partial charge in [0.25, 0.3) is 0 Å². The summed E-state index contributed by atoms with van der Waals surface area (Å²) in [7, 11) is 2.06. The molecule has 0 aromatic carbocycles. The first kappa shape index (κ1) is 13.0. The van der Waals surface area contributed by atoms with Crippen LogP contribution in [-0.4, -0.2) is 25.8 Å². The normalized spacial score (nSPS) is 31.8. The van der Waals surface area contributed by atoms with Crippen molar-refractivity contribution in [2.24, 2.45) is 5.92 Å². The standard InChI is InChI=1S/C13H27NO/c1-4-5-6-9-15-13-10-11(2)7-8-12(13)14-3/h11-14H,4-10H2,1-3H3. The Bertz CT molecular complexity index is 161. The minimum atomic E-state index is 0.454. The van der Waals surface area contributed by atoms with Gasteiger partial charge in [-0.05, 0) is 38.6 Å². The van der Waals surface area contributed by atoms with Gasteiger partial charge in [0.05, 0.1) is 6.10 Å². The molecule has 1 N–H and O–H groups in total. The van der Waals surface area contributed by atoms with E-state index in [1.807, 2.05) is 0 Å². The van der Waals surface area contributed by atoms with Crippen molar-refractivity contribution < 1.29 is 4.74 Å². The molecule has 1 rings (SSSR count).